The fourth-order valence-electron chi connectivity index (χ4n) is 2.09. The third kappa shape index (κ3) is 3.52. The number of hydrogen-bond donors (Lipinski definition) is 2. The van der Waals surface area contributed by atoms with Gasteiger partial charge in [0.1, 0.15) is 17.6 Å². The van der Waals surface area contributed by atoms with E-state index in [2.05, 4.69) is 10.3 Å². The molecule has 2 rings (SSSR count). The molecule has 7 heteroatoms. The Morgan fingerprint density at radius 3 is 2.73 bits per heavy atom. The van der Waals surface area contributed by atoms with Crippen LogP contribution in [0.2, 0.25) is 5.02 Å². The number of benzene rings is 1. The number of halogens is 1. The summed E-state index contributed by atoms with van der Waals surface area (Å²) >= 11 is 6.10. The minimum absolute atomic E-state index is 0.0686. The number of aliphatic hydroxyl groups is 1. The average Bonchev–Trinajstić information content (AvgIpc) is 2.46. The lowest BCUT2D eigenvalue weighted by Crippen LogP contribution is -2.31. The Kier molecular flexibility index (Phi) is 4.63. The van der Waals surface area contributed by atoms with E-state index in [4.69, 9.17) is 11.6 Å². The van der Waals surface area contributed by atoms with Crippen molar-refractivity contribution in [2.75, 3.05) is 11.9 Å². The Morgan fingerprint density at radius 2 is 2.14 bits per heavy atom. The van der Waals surface area contributed by atoms with Gasteiger partial charge < -0.3 is 10.4 Å². The third-order valence-corrected chi connectivity index (χ3v) is 3.66. The molecule has 0 radical (unpaired) electrons. The molecule has 0 bridgehead atoms. The van der Waals surface area contributed by atoms with E-state index in [1.165, 1.54) is 12.3 Å². The third-order valence-electron chi connectivity index (χ3n) is 3.33. The minimum Gasteiger partial charge on any atom is -0.384 e. The predicted molar refractivity (Wildman–Crippen MR) is 85.1 cm³/mol. The van der Waals surface area contributed by atoms with Crippen LogP contribution < -0.4 is 5.32 Å². The first-order chi connectivity index (χ1) is 10.3. The molecule has 116 valence electrons. The summed E-state index contributed by atoms with van der Waals surface area (Å²) in [6, 6.07) is 8.48. The summed E-state index contributed by atoms with van der Waals surface area (Å²) in [5.74, 6) is 0.484. The standard InChI is InChI=1S/C15H16ClN3O3/c1-10-7-11(19(21)22)8-17-14(10)18-9-15(2,20)12-5-3-4-6-13(12)16/h3-8,20H,9H2,1-2H3,(H,17,18). The molecule has 1 aromatic heterocycles. The lowest BCUT2D eigenvalue weighted by Gasteiger charge is -2.25. The maximum absolute atomic E-state index is 10.7. The number of aromatic nitrogens is 1. The zero-order valence-corrected chi connectivity index (χ0v) is 13.0. The van der Waals surface area contributed by atoms with Crippen LogP contribution in [0.15, 0.2) is 36.5 Å². The number of hydrogen-bond acceptors (Lipinski definition) is 5. The first-order valence-corrected chi connectivity index (χ1v) is 7.01. The van der Waals surface area contributed by atoms with E-state index in [0.717, 1.165) is 0 Å². The van der Waals surface area contributed by atoms with E-state index in [9.17, 15) is 15.2 Å². The van der Waals surface area contributed by atoms with Crippen LogP contribution >= 0.6 is 11.6 Å². The van der Waals surface area contributed by atoms with E-state index < -0.39 is 10.5 Å². The van der Waals surface area contributed by atoms with Gasteiger partial charge in [0.05, 0.1) is 4.92 Å². The maximum Gasteiger partial charge on any atom is 0.287 e. The molecule has 0 aliphatic carbocycles. The maximum atomic E-state index is 10.7. The molecule has 22 heavy (non-hydrogen) atoms. The van der Waals surface area contributed by atoms with Crippen molar-refractivity contribution in [2.24, 2.45) is 0 Å². The van der Waals surface area contributed by atoms with Gasteiger partial charge in [-0.25, -0.2) is 4.98 Å². The molecule has 1 heterocycles. The van der Waals surface area contributed by atoms with Gasteiger partial charge in [-0.1, -0.05) is 29.8 Å². The number of nitrogens with zero attached hydrogens (tertiary/aromatic N) is 2. The minimum atomic E-state index is -1.20. The van der Waals surface area contributed by atoms with Gasteiger partial charge in [-0.3, -0.25) is 10.1 Å². The van der Waals surface area contributed by atoms with Crippen molar-refractivity contribution >= 4 is 23.1 Å². The molecule has 1 aromatic carbocycles. The van der Waals surface area contributed by atoms with Gasteiger partial charge in [0.15, 0.2) is 0 Å². The van der Waals surface area contributed by atoms with Crippen molar-refractivity contribution in [3.63, 3.8) is 0 Å². The van der Waals surface area contributed by atoms with E-state index in [-0.39, 0.29) is 12.2 Å². The Bertz CT molecular complexity index is 704. The zero-order valence-electron chi connectivity index (χ0n) is 12.2. The molecule has 0 spiro atoms. The smallest absolute Gasteiger partial charge is 0.287 e. The largest absolute Gasteiger partial charge is 0.384 e. The van der Waals surface area contributed by atoms with E-state index in [0.29, 0.717) is 22.0 Å². The first-order valence-electron chi connectivity index (χ1n) is 6.63. The van der Waals surface area contributed by atoms with E-state index in [1.807, 2.05) is 0 Å². The highest BCUT2D eigenvalue weighted by molar-refractivity contribution is 6.31. The molecule has 0 amide bonds. The lowest BCUT2D eigenvalue weighted by atomic mass is 9.96. The van der Waals surface area contributed by atoms with Gasteiger partial charge in [0.25, 0.3) is 5.69 Å². The summed E-state index contributed by atoms with van der Waals surface area (Å²) < 4.78 is 0. The molecule has 1 unspecified atom stereocenters. The molecule has 0 fully saturated rings. The molecule has 0 aliphatic rings. The van der Waals surface area contributed by atoms with Crippen molar-refractivity contribution in [1.29, 1.82) is 0 Å². The van der Waals surface area contributed by atoms with Crippen molar-refractivity contribution in [3.05, 3.63) is 62.8 Å². The fraction of sp³-hybridized carbons (Fsp3) is 0.267. The highest BCUT2D eigenvalue weighted by atomic mass is 35.5. The molecule has 2 N–H and O–H groups in total. The summed E-state index contributed by atoms with van der Waals surface area (Å²) in [7, 11) is 0. The number of aryl methyl sites for hydroxylation is 1. The predicted octanol–water partition coefficient (Wildman–Crippen LogP) is 3.27. The highest BCUT2D eigenvalue weighted by Gasteiger charge is 2.25. The summed E-state index contributed by atoms with van der Waals surface area (Å²) in [5.41, 5.74) is -0.0392. The van der Waals surface area contributed by atoms with Gasteiger partial charge in [-0.2, -0.15) is 0 Å². The van der Waals surface area contributed by atoms with Crippen molar-refractivity contribution in [2.45, 2.75) is 19.4 Å². The molecule has 0 saturated heterocycles. The van der Waals surface area contributed by atoms with Gasteiger partial charge in [-0.15, -0.1) is 0 Å². The number of anilines is 1. The van der Waals surface area contributed by atoms with Crippen LogP contribution in [0.25, 0.3) is 0 Å². The quantitative estimate of drug-likeness (QED) is 0.651. The van der Waals surface area contributed by atoms with Crippen LogP contribution in [0, 0.1) is 17.0 Å². The Hall–Kier alpha value is -2.18. The topological polar surface area (TPSA) is 88.3 Å². The van der Waals surface area contributed by atoms with Crippen molar-refractivity contribution < 1.29 is 10.0 Å². The van der Waals surface area contributed by atoms with Crippen LogP contribution in [-0.2, 0) is 5.60 Å². The molecular formula is C15H16ClN3O3. The molecular weight excluding hydrogens is 306 g/mol. The first kappa shape index (κ1) is 16.2. The lowest BCUT2D eigenvalue weighted by molar-refractivity contribution is -0.385. The summed E-state index contributed by atoms with van der Waals surface area (Å²) in [6.07, 6.45) is 1.18. The van der Waals surface area contributed by atoms with Crippen LogP contribution in [0.1, 0.15) is 18.1 Å². The van der Waals surface area contributed by atoms with E-state index >= 15 is 0 Å². The molecule has 2 aromatic rings. The monoisotopic (exact) mass is 321 g/mol. The second kappa shape index (κ2) is 6.29. The number of pyridine rings is 1. The normalized spacial score (nSPS) is 13.5. The Labute approximate surface area is 132 Å². The van der Waals surface area contributed by atoms with Crippen LogP contribution in [-0.4, -0.2) is 21.6 Å². The van der Waals surface area contributed by atoms with Gasteiger partial charge in [0.2, 0.25) is 0 Å². The second-order valence-corrected chi connectivity index (χ2v) is 5.63. The van der Waals surface area contributed by atoms with Gasteiger partial charge in [-0.05, 0) is 25.5 Å². The average molecular weight is 322 g/mol. The number of nitrogens with one attached hydrogen (secondary N) is 1. The van der Waals surface area contributed by atoms with Crippen LogP contribution in [0.3, 0.4) is 0 Å². The number of nitro groups is 1. The second-order valence-electron chi connectivity index (χ2n) is 5.22. The van der Waals surface area contributed by atoms with Gasteiger partial charge >= 0.3 is 0 Å². The van der Waals surface area contributed by atoms with Crippen molar-refractivity contribution in [1.82, 2.24) is 4.98 Å². The SMILES string of the molecule is Cc1cc([N+](=O)[O-])cnc1NCC(C)(O)c1ccccc1Cl. The number of rotatable bonds is 5. The Morgan fingerprint density at radius 1 is 1.45 bits per heavy atom. The van der Waals surface area contributed by atoms with Gasteiger partial charge in [0, 0.05) is 23.2 Å². The summed E-state index contributed by atoms with van der Waals surface area (Å²) in [5, 5.41) is 24.8. The zero-order chi connectivity index (χ0) is 16.3. The van der Waals surface area contributed by atoms with Crippen LogP contribution in [0.4, 0.5) is 11.5 Å². The summed E-state index contributed by atoms with van der Waals surface area (Å²) in [6.45, 7) is 3.52. The van der Waals surface area contributed by atoms with E-state index in [1.54, 1.807) is 38.1 Å². The molecule has 0 aliphatic heterocycles. The Balaban J connectivity index is 2.16. The molecule has 0 saturated carbocycles. The highest BCUT2D eigenvalue weighted by Crippen LogP contribution is 2.28. The van der Waals surface area contributed by atoms with Crippen LogP contribution in [0.5, 0.6) is 0 Å². The molecule has 1 atom stereocenters. The molecule has 6 nitrogen and oxygen atoms in total. The fourth-order valence-corrected chi connectivity index (χ4v) is 2.43. The van der Waals surface area contributed by atoms with Crippen molar-refractivity contribution in [3.8, 4) is 0 Å². The summed E-state index contributed by atoms with van der Waals surface area (Å²) in [4.78, 5) is 14.2.